The lowest BCUT2D eigenvalue weighted by Crippen LogP contribution is -2.44. The third-order valence-corrected chi connectivity index (χ3v) is 8.57. The van der Waals surface area contributed by atoms with Gasteiger partial charge in [0.15, 0.2) is 0 Å². The summed E-state index contributed by atoms with van der Waals surface area (Å²) in [6.07, 6.45) is 13.0. The molecule has 0 aliphatic carbocycles. The van der Waals surface area contributed by atoms with Gasteiger partial charge in [-0.05, 0) is 81.4 Å². The second-order valence-corrected chi connectivity index (χ2v) is 12.6. The zero-order valence-electron chi connectivity index (χ0n) is 30.8. The normalized spacial score (nSPS) is 16.9. The predicted molar refractivity (Wildman–Crippen MR) is 195 cm³/mol. The molecular weight excluding hydrogens is 545 g/mol. The van der Waals surface area contributed by atoms with Crippen LogP contribution in [0.4, 0.5) is 4.39 Å². The number of nitrogens with one attached hydrogen (secondary N) is 3. The maximum atomic E-state index is 13.6. The van der Waals surface area contributed by atoms with E-state index >= 15 is 0 Å². The number of allylic oxidation sites excluding steroid dienone is 2. The van der Waals surface area contributed by atoms with Crippen molar-refractivity contribution in [3.8, 4) is 0 Å². The van der Waals surface area contributed by atoms with Crippen LogP contribution in [0.15, 0.2) is 48.8 Å². The van der Waals surface area contributed by atoms with E-state index in [-0.39, 0.29) is 11.2 Å². The molecule has 3 N–H and O–H groups in total. The average molecular weight is 620 g/mol. The molecule has 0 bridgehead atoms. The first kappa shape index (κ1) is 44.3. The zero-order valence-corrected chi connectivity index (χ0v) is 30.8. The van der Waals surface area contributed by atoms with E-state index < -0.39 is 0 Å². The van der Waals surface area contributed by atoms with Gasteiger partial charge < -0.3 is 20.7 Å². The summed E-state index contributed by atoms with van der Waals surface area (Å²) < 4.78 is 19.3. The van der Waals surface area contributed by atoms with Crippen LogP contribution in [0.1, 0.15) is 132 Å². The molecule has 1 fully saturated rings. The molecule has 1 aromatic rings. The Morgan fingerprint density at radius 1 is 1.07 bits per heavy atom. The van der Waals surface area contributed by atoms with Crippen molar-refractivity contribution in [1.82, 2.24) is 16.0 Å². The number of hydrogen-bond donors (Lipinski definition) is 3. The van der Waals surface area contributed by atoms with Crippen molar-refractivity contribution in [1.29, 1.82) is 0 Å². The summed E-state index contributed by atoms with van der Waals surface area (Å²) in [5, 5.41) is 9.99. The molecule has 1 heterocycles. The van der Waals surface area contributed by atoms with E-state index in [9.17, 15) is 4.39 Å². The van der Waals surface area contributed by atoms with Crippen LogP contribution < -0.4 is 16.0 Å². The van der Waals surface area contributed by atoms with E-state index in [0.29, 0.717) is 17.9 Å². The first-order valence-corrected chi connectivity index (χ1v) is 17.9. The Morgan fingerprint density at radius 3 is 2.27 bits per heavy atom. The highest BCUT2D eigenvalue weighted by Gasteiger charge is 2.26. The quantitative estimate of drug-likeness (QED) is 0.152. The lowest BCUT2D eigenvalue weighted by atomic mass is 9.77. The van der Waals surface area contributed by atoms with Crippen LogP contribution >= 0.6 is 0 Å². The summed E-state index contributed by atoms with van der Waals surface area (Å²) in [4.78, 5) is 0. The topological polar surface area (TPSA) is 45.3 Å². The monoisotopic (exact) mass is 620 g/mol. The lowest BCUT2D eigenvalue weighted by Gasteiger charge is -2.31. The summed E-state index contributed by atoms with van der Waals surface area (Å²) in [6, 6.07) is 7.60. The predicted octanol–water partition coefficient (Wildman–Crippen LogP) is 10.5. The van der Waals surface area contributed by atoms with Crippen molar-refractivity contribution >= 4 is 0 Å². The highest BCUT2D eigenvalue weighted by atomic mass is 19.1. The van der Waals surface area contributed by atoms with Gasteiger partial charge in [0.2, 0.25) is 0 Å². The van der Waals surface area contributed by atoms with Crippen molar-refractivity contribution in [3.63, 3.8) is 0 Å². The van der Waals surface area contributed by atoms with Crippen LogP contribution in [0.25, 0.3) is 0 Å². The average Bonchev–Trinajstić information content (AvgIpc) is 3.32. The molecule has 0 amide bonds. The van der Waals surface area contributed by atoms with Gasteiger partial charge in [0.25, 0.3) is 0 Å². The van der Waals surface area contributed by atoms with E-state index in [4.69, 9.17) is 4.74 Å². The van der Waals surface area contributed by atoms with Gasteiger partial charge >= 0.3 is 0 Å². The van der Waals surface area contributed by atoms with Crippen LogP contribution in [-0.2, 0) is 11.2 Å². The molecule has 0 spiro atoms. The van der Waals surface area contributed by atoms with E-state index in [1.807, 2.05) is 40.0 Å². The Hall–Kier alpha value is -1.85. The summed E-state index contributed by atoms with van der Waals surface area (Å²) in [5.41, 5.74) is 3.32. The number of ether oxygens (including phenoxy) is 1. The fourth-order valence-electron chi connectivity index (χ4n) is 5.24. The van der Waals surface area contributed by atoms with Crippen LogP contribution in [0.2, 0.25) is 0 Å². The molecule has 0 aromatic heterocycles. The number of rotatable bonds is 17. The van der Waals surface area contributed by atoms with E-state index in [2.05, 4.69) is 70.7 Å². The fraction of sp³-hybridized carbons (Fsp3) is 0.744. The fourth-order valence-corrected chi connectivity index (χ4v) is 5.24. The van der Waals surface area contributed by atoms with E-state index in [1.54, 1.807) is 12.1 Å². The molecule has 1 aliphatic heterocycles. The second kappa shape index (κ2) is 28.6. The number of likely N-dealkylation sites (N-methyl/N-ethyl adjacent to an activating group) is 1. The minimum absolute atomic E-state index is 0.0568. The standard InChI is InChI=1S/C15H23F.C14H28N2O.C8H17N.C2H6/c1-4-6-11-15(3,5-2)12-13-9-7-8-10-14(13)16;1-11(2)16-14(9-15-4)12(3)13-7-5-6-8-17-10-13;1-4-6-7-9-8(3)5-2;1-2/h7-10H,4-6,11-12H2,1-3H3;12-16H,1,5-10H2,2-4H3;9H,3-7H2,1-2H3;1-2H3/t15-;12-,13?,14+;;/m00../s1. The van der Waals surface area contributed by atoms with Gasteiger partial charge in [0.1, 0.15) is 5.82 Å². The number of benzene rings is 1. The molecule has 1 saturated heterocycles. The lowest BCUT2D eigenvalue weighted by molar-refractivity contribution is 0.0880. The van der Waals surface area contributed by atoms with Crippen molar-refractivity contribution in [2.75, 3.05) is 33.4 Å². The van der Waals surface area contributed by atoms with Crippen molar-refractivity contribution < 1.29 is 9.13 Å². The Bertz CT molecular complexity index is 821. The van der Waals surface area contributed by atoms with Crippen LogP contribution in [-0.4, -0.2) is 39.4 Å². The summed E-state index contributed by atoms with van der Waals surface area (Å²) in [5.74, 6) is 1.22. The molecule has 4 atom stereocenters. The molecule has 258 valence electrons. The van der Waals surface area contributed by atoms with Gasteiger partial charge in [-0.1, -0.05) is 119 Å². The molecule has 1 aromatic carbocycles. The van der Waals surface area contributed by atoms with E-state index in [0.717, 1.165) is 62.5 Å². The van der Waals surface area contributed by atoms with Gasteiger partial charge in [0.05, 0.1) is 0 Å². The Labute approximate surface area is 274 Å². The highest BCUT2D eigenvalue weighted by Crippen LogP contribution is 2.33. The number of hydrogen-bond acceptors (Lipinski definition) is 4. The summed E-state index contributed by atoms with van der Waals surface area (Å²) >= 11 is 0. The zero-order chi connectivity index (χ0) is 33.8. The molecule has 2 rings (SSSR count). The smallest absolute Gasteiger partial charge is 0.126 e. The second-order valence-electron chi connectivity index (χ2n) is 12.6. The maximum absolute atomic E-state index is 13.6. The SMILES string of the molecule is C=C(C)N[C@H](CNC)[C@@H](C)C1CCCCOC1.C=C(CC)NCCCC.CC.CCCC[C@](C)(CC)Cc1ccccc1F. The minimum Gasteiger partial charge on any atom is -0.389 e. The van der Waals surface area contributed by atoms with Crippen molar-refractivity contribution in [2.45, 2.75) is 139 Å². The molecular formula is C39H74FN3O. The number of halogens is 1. The summed E-state index contributed by atoms with van der Waals surface area (Å²) in [6.45, 7) is 31.1. The molecule has 0 radical (unpaired) electrons. The third kappa shape index (κ3) is 21.8. The third-order valence-electron chi connectivity index (χ3n) is 8.57. The Kier molecular flexibility index (Phi) is 28.8. The molecule has 5 heteroatoms. The van der Waals surface area contributed by atoms with Gasteiger partial charge in [-0.25, -0.2) is 4.39 Å². The van der Waals surface area contributed by atoms with Crippen LogP contribution in [0.3, 0.4) is 0 Å². The van der Waals surface area contributed by atoms with Crippen LogP contribution in [0.5, 0.6) is 0 Å². The van der Waals surface area contributed by atoms with E-state index in [1.165, 1.54) is 51.4 Å². The molecule has 0 saturated carbocycles. The van der Waals surface area contributed by atoms with Crippen LogP contribution in [0, 0.1) is 23.1 Å². The first-order valence-electron chi connectivity index (χ1n) is 17.9. The van der Waals surface area contributed by atoms with Gasteiger partial charge in [-0.2, -0.15) is 0 Å². The molecule has 1 unspecified atom stereocenters. The number of unbranched alkanes of at least 4 members (excludes halogenated alkanes) is 2. The molecule has 44 heavy (non-hydrogen) atoms. The first-order chi connectivity index (χ1) is 21.1. The largest absolute Gasteiger partial charge is 0.389 e. The Morgan fingerprint density at radius 2 is 1.73 bits per heavy atom. The van der Waals surface area contributed by atoms with Gasteiger partial charge in [0, 0.05) is 43.7 Å². The van der Waals surface area contributed by atoms with Crippen molar-refractivity contribution in [2.24, 2.45) is 17.3 Å². The molecule has 1 aliphatic rings. The minimum atomic E-state index is -0.0568. The van der Waals surface area contributed by atoms with Gasteiger partial charge in [-0.15, -0.1) is 0 Å². The van der Waals surface area contributed by atoms with Crippen molar-refractivity contribution in [3.05, 3.63) is 60.2 Å². The Balaban J connectivity index is 0. The summed E-state index contributed by atoms with van der Waals surface area (Å²) in [7, 11) is 2.00. The maximum Gasteiger partial charge on any atom is 0.126 e. The molecule has 4 nitrogen and oxygen atoms in total. The highest BCUT2D eigenvalue weighted by molar-refractivity contribution is 5.18. The van der Waals surface area contributed by atoms with Gasteiger partial charge in [-0.3, -0.25) is 0 Å².